The zero-order valence-electron chi connectivity index (χ0n) is 11.6. The number of carbonyl (C=O) groups excluding carboxylic acids is 1. The van der Waals surface area contributed by atoms with Crippen molar-refractivity contribution < 1.29 is 14.6 Å². The predicted molar refractivity (Wildman–Crippen MR) is 77.9 cm³/mol. The first-order valence-electron chi connectivity index (χ1n) is 6.85. The maximum absolute atomic E-state index is 12.2. The number of nitrogens with zero attached hydrogens (tertiary/aromatic N) is 1. The van der Waals surface area contributed by atoms with Crippen molar-refractivity contribution in [2.45, 2.75) is 24.9 Å². The predicted octanol–water partition coefficient (Wildman–Crippen LogP) is 2.05. The highest BCUT2D eigenvalue weighted by molar-refractivity contribution is 6.30. The van der Waals surface area contributed by atoms with Gasteiger partial charge in [0.15, 0.2) is 0 Å². The number of carbonyl (C=O) groups is 1. The first-order chi connectivity index (χ1) is 9.60. The van der Waals surface area contributed by atoms with E-state index in [1.54, 1.807) is 24.3 Å². The zero-order valence-corrected chi connectivity index (χ0v) is 12.3. The second kappa shape index (κ2) is 7.07. The second-order valence-corrected chi connectivity index (χ2v) is 5.66. The zero-order chi connectivity index (χ0) is 14.5. The molecule has 1 N–H and O–H groups in total. The van der Waals surface area contributed by atoms with Crippen LogP contribution < -0.4 is 0 Å². The number of rotatable bonds is 4. The van der Waals surface area contributed by atoms with E-state index in [0.717, 1.165) is 31.5 Å². The highest BCUT2D eigenvalue weighted by atomic mass is 35.5. The lowest BCUT2D eigenvalue weighted by Gasteiger charge is -2.29. The summed E-state index contributed by atoms with van der Waals surface area (Å²) in [5.74, 6) is -0.990. The molecule has 1 atom stereocenters. The van der Waals surface area contributed by atoms with Crippen LogP contribution >= 0.6 is 11.6 Å². The summed E-state index contributed by atoms with van der Waals surface area (Å²) < 4.78 is 5.52. The van der Waals surface area contributed by atoms with Crippen LogP contribution in [0.1, 0.15) is 24.3 Å². The van der Waals surface area contributed by atoms with E-state index in [0.29, 0.717) is 5.02 Å². The number of benzene rings is 1. The SMILES string of the molecule is CN1CCC(OC(=O)[C@@H](CO)c2ccc(Cl)cc2)CC1. The highest BCUT2D eigenvalue weighted by Crippen LogP contribution is 2.22. The van der Waals surface area contributed by atoms with E-state index < -0.39 is 5.92 Å². The van der Waals surface area contributed by atoms with Gasteiger partial charge in [0.05, 0.1) is 6.61 Å². The molecule has 0 aliphatic carbocycles. The van der Waals surface area contributed by atoms with Gasteiger partial charge in [0.1, 0.15) is 12.0 Å². The van der Waals surface area contributed by atoms with E-state index in [9.17, 15) is 9.90 Å². The molecule has 110 valence electrons. The lowest BCUT2D eigenvalue weighted by molar-refractivity contribution is -0.154. The molecule has 0 saturated carbocycles. The van der Waals surface area contributed by atoms with Crippen LogP contribution in [0.3, 0.4) is 0 Å². The molecular formula is C15H20ClNO3. The van der Waals surface area contributed by atoms with Crippen LogP contribution in [-0.4, -0.2) is 48.8 Å². The molecule has 1 aromatic rings. The number of esters is 1. The monoisotopic (exact) mass is 297 g/mol. The van der Waals surface area contributed by atoms with E-state index in [4.69, 9.17) is 16.3 Å². The van der Waals surface area contributed by atoms with Gasteiger partial charge in [-0.2, -0.15) is 0 Å². The van der Waals surface area contributed by atoms with Crippen molar-refractivity contribution in [1.29, 1.82) is 0 Å². The van der Waals surface area contributed by atoms with Crippen molar-refractivity contribution in [3.8, 4) is 0 Å². The van der Waals surface area contributed by atoms with Gasteiger partial charge in [-0.05, 0) is 37.6 Å². The normalized spacial score (nSPS) is 18.8. The van der Waals surface area contributed by atoms with Crippen molar-refractivity contribution in [2.75, 3.05) is 26.7 Å². The summed E-state index contributed by atoms with van der Waals surface area (Å²) in [5, 5.41) is 10.1. The quantitative estimate of drug-likeness (QED) is 0.864. The molecule has 0 amide bonds. The molecule has 20 heavy (non-hydrogen) atoms. The fourth-order valence-electron chi connectivity index (χ4n) is 2.36. The Kier molecular flexibility index (Phi) is 5.40. The number of aliphatic hydroxyl groups excluding tert-OH is 1. The van der Waals surface area contributed by atoms with Gasteiger partial charge in [-0.1, -0.05) is 23.7 Å². The topological polar surface area (TPSA) is 49.8 Å². The maximum atomic E-state index is 12.2. The van der Waals surface area contributed by atoms with Crippen molar-refractivity contribution in [1.82, 2.24) is 4.90 Å². The third-order valence-corrected chi connectivity index (χ3v) is 3.94. The minimum absolute atomic E-state index is 0.0416. The fraction of sp³-hybridized carbons (Fsp3) is 0.533. The number of likely N-dealkylation sites (tertiary alicyclic amines) is 1. The Morgan fingerprint density at radius 2 is 2.00 bits per heavy atom. The molecule has 1 saturated heterocycles. The molecule has 0 radical (unpaired) electrons. The first kappa shape index (κ1) is 15.3. The summed E-state index contributed by atoms with van der Waals surface area (Å²) in [6, 6.07) is 6.92. The van der Waals surface area contributed by atoms with E-state index in [2.05, 4.69) is 11.9 Å². The van der Waals surface area contributed by atoms with Gasteiger partial charge in [0, 0.05) is 18.1 Å². The van der Waals surface area contributed by atoms with Crippen LogP contribution in [0.15, 0.2) is 24.3 Å². The molecule has 4 nitrogen and oxygen atoms in total. The highest BCUT2D eigenvalue weighted by Gasteiger charge is 2.26. The molecule has 2 rings (SSSR count). The molecule has 1 fully saturated rings. The summed E-state index contributed by atoms with van der Waals surface area (Å²) in [5.41, 5.74) is 0.731. The summed E-state index contributed by atoms with van der Waals surface area (Å²) in [4.78, 5) is 14.4. The summed E-state index contributed by atoms with van der Waals surface area (Å²) >= 11 is 5.83. The molecule has 0 unspecified atom stereocenters. The van der Waals surface area contributed by atoms with Gasteiger partial charge in [0.2, 0.25) is 0 Å². The first-order valence-corrected chi connectivity index (χ1v) is 7.23. The number of aliphatic hydroxyl groups is 1. The molecule has 0 aromatic heterocycles. The minimum Gasteiger partial charge on any atom is -0.462 e. The fourth-order valence-corrected chi connectivity index (χ4v) is 2.49. The van der Waals surface area contributed by atoms with Crippen LogP contribution in [0.25, 0.3) is 0 Å². The number of halogens is 1. The Morgan fingerprint density at radius 1 is 1.40 bits per heavy atom. The van der Waals surface area contributed by atoms with Gasteiger partial charge >= 0.3 is 5.97 Å². The molecule has 0 bridgehead atoms. The van der Waals surface area contributed by atoms with Gasteiger partial charge < -0.3 is 14.7 Å². The van der Waals surface area contributed by atoms with E-state index in [1.807, 2.05) is 0 Å². The van der Waals surface area contributed by atoms with E-state index in [1.165, 1.54) is 0 Å². The van der Waals surface area contributed by atoms with Crippen molar-refractivity contribution in [2.24, 2.45) is 0 Å². The second-order valence-electron chi connectivity index (χ2n) is 5.23. The van der Waals surface area contributed by atoms with Gasteiger partial charge in [-0.3, -0.25) is 4.79 Å². The summed E-state index contributed by atoms with van der Waals surface area (Å²) in [6.07, 6.45) is 1.65. The molecular weight excluding hydrogens is 278 g/mol. The molecule has 1 aliphatic rings. The number of ether oxygens (including phenoxy) is 1. The Balaban J connectivity index is 1.97. The van der Waals surface area contributed by atoms with Crippen LogP contribution in [0.2, 0.25) is 5.02 Å². The average Bonchev–Trinajstić information content (AvgIpc) is 2.44. The number of hydrogen-bond acceptors (Lipinski definition) is 4. The standard InChI is InChI=1S/C15H20ClNO3/c1-17-8-6-13(7-9-17)20-15(19)14(10-18)11-2-4-12(16)5-3-11/h2-5,13-14,18H,6-10H2,1H3/t14-/m0/s1. The summed E-state index contributed by atoms with van der Waals surface area (Å²) in [6.45, 7) is 1.61. The molecule has 5 heteroatoms. The van der Waals surface area contributed by atoms with Crippen LogP contribution in [0.4, 0.5) is 0 Å². The Bertz CT molecular complexity index is 441. The van der Waals surface area contributed by atoms with E-state index in [-0.39, 0.29) is 18.7 Å². The molecule has 1 aliphatic heterocycles. The largest absolute Gasteiger partial charge is 0.462 e. The van der Waals surface area contributed by atoms with Crippen LogP contribution in [-0.2, 0) is 9.53 Å². The van der Waals surface area contributed by atoms with Gasteiger partial charge in [0.25, 0.3) is 0 Å². The Labute approximate surface area is 124 Å². The Morgan fingerprint density at radius 3 is 2.55 bits per heavy atom. The summed E-state index contributed by atoms with van der Waals surface area (Å²) in [7, 11) is 2.06. The van der Waals surface area contributed by atoms with Gasteiger partial charge in [-0.15, -0.1) is 0 Å². The molecule has 1 heterocycles. The van der Waals surface area contributed by atoms with E-state index >= 15 is 0 Å². The smallest absolute Gasteiger partial charge is 0.316 e. The van der Waals surface area contributed by atoms with Crippen LogP contribution in [0, 0.1) is 0 Å². The lowest BCUT2D eigenvalue weighted by Crippen LogP contribution is -2.36. The number of piperidine rings is 1. The third kappa shape index (κ3) is 3.95. The molecule has 0 spiro atoms. The lowest BCUT2D eigenvalue weighted by atomic mass is 10.00. The molecule has 1 aromatic carbocycles. The van der Waals surface area contributed by atoms with Crippen molar-refractivity contribution in [3.05, 3.63) is 34.9 Å². The number of hydrogen-bond donors (Lipinski definition) is 1. The average molecular weight is 298 g/mol. The van der Waals surface area contributed by atoms with Crippen molar-refractivity contribution >= 4 is 17.6 Å². The Hall–Kier alpha value is -1.10. The van der Waals surface area contributed by atoms with Crippen molar-refractivity contribution in [3.63, 3.8) is 0 Å². The van der Waals surface area contributed by atoms with Gasteiger partial charge in [-0.25, -0.2) is 0 Å². The van der Waals surface area contributed by atoms with Crippen LogP contribution in [0.5, 0.6) is 0 Å². The minimum atomic E-state index is -0.632. The third-order valence-electron chi connectivity index (χ3n) is 3.69. The maximum Gasteiger partial charge on any atom is 0.316 e.